The lowest BCUT2D eigenvalue weighted by Gasteiger charge is -2.06. The second-order valence-corrected chi connectivity index (χ2v) is 7.01. The van der Waals surface area contributed by atoms with Crippen LogP contribution in [-0.4, -0.2) is 19.7 Å². The van der Waals surface area contributed by atoms with Crippen molar-refractivity contribution in [3.63, 3.8) is 0 Å². The summed E-state index contributed by atoms with van der Waals surface area (Å²) in [6.07, 6.45) is 1.17. The van der Waals surface area contributed by atoms with Crippen LogP contribution in [0.4, 0.5) is 0 Å². The van der Waals surface area contributed by atoms with Gasteiger partial charge >= 0.3 is 0 Å². The number of nitrogens with zero attached hydrogens (tertiary/aromatic N) is 1. The number of benzene rings is 2. The van der Waals surface area contributed by atoms with Gasteiger partial charge < -0.3 is 5.11 Å². The van der Waals surface area contributed by atoms with Gasteiger partial charge in [-0.15, -0.1) is 0 Å². The molecule has 0 radical (unpaired) electrons. The molecule has 2 aromatic rings. The van der Waals surface area contributed by atoms with Crippen LogP contribution in [0.25, 0.3) is 0 Å². The molecule has 0 aliphatic carbocycles. The Bertz CT molecular complexity index is 838. The van der Waals surface area contributed by atoms with E-state index in [1.165, 1.54) is 42.6 Å². The number of rotatable bonds is 4. The molecule has 0 unspecified atom stereocenters. The molecule has 116 valence electrons. The van der Waals surface area contributed by atoms with Crippen LogP contribution < -0.4 is 4.83 Å². The summed E-state index contributed by atoms with van der Waals surface area (Å²) in [5.41, 5.74) is 0.353. The van der Waals surface area contributed by atoms with Crippen molar-refractivity contribution in [3.8, 4) is 5.75 Å². The fourth-order valence-corrected chi connectivity index (χ4v) is 3.27. The minimum Gasteiger partial charge on any atom is -0.508 e. The van der Waals surface area contributed by atoms with Gasteiger partial charge in [-0.1, -0.05) is 34.8 Å². The van der Waals surface area contributed by atoms with E-state index in [9.17, 15) is 13.5 Å². The van der Waals surface area contributed by atoms with E-state index in [-0.39, 0.29) is 15.7 Å². The summed E-state index contributed by atoms with van der Waals surface area (Å²) in [5.74, 6) is -0.0190. The van der Waals surface area contributed by atoms with Crippen molar-refractivity contribution in [1.29, 1.82) is 0 Å². The molecule has 0 aromatic heterocycles. The molecule has 0 atom stereocenters. The van der Waals surface area contributed by atoms with Gasteiger partial charge in [0.05, 0.1) is 11.2 Å². The average Bonchev–Trinajstić information content (AvgIpc) is 2.42. The molecule has 2 rings (SSSR count). The van der Waals surface area contributed by atoms with Gasteiger partial charge in [0.1, 0.15) is 10.6 Å². The molecule has 0 spiro atoms. The molecule has 22 heavy (non-hydrogen) atoms. The molecule has 2 aromatic carbocycles. The first kappa shape index (κ1) is 16.9. The van der Waals surface area contributed by atoms with E-state index in [0.717, 1.165) is 0 Å². The molecule has 2 N–H and O–H groups in total. The van der Waals surface area contributed by atoms with Gasteiger partial charge in [0, 0.05) is 15.6 Å². The number of sulfonamides is 1. The highest BCUT2D eigenvalue weighted by molar-refractivity contribution is 7.89. The molecule has 5 nitrogen and oxygen atoms in total. The van der Waals surface area contributed by atoms with Crippen LogP contribution in [0.5, 0.6) is 5.75 Å². The van der Waals surface area contributed by atoms with E-state index in [4.69, 9.17) is 34.8 Å². The summed E-state index contributed by atoms with van der Waals surface area (Å²) in [5, 5.41) is 13.6. The lowest BCUT2D eigenvalue weighted by atomic mass is 10.2. The normalized spacial score (nSPS) is 11.8. The monoisotopic (exact) mass is 378 g/mol. The van der Waals surface area contributed by atoms with Crippen molar-refractivity contribution < 1.29 is 13.5 Å². The van der Waals surface area contributed by atoms with Gasteiger partial charge in [0.25, 0.3) is 10.0 Å². The Balaban J connectivity index is 2.22. The number of halogens is 3. The quantitative estimate of drug-likeness (QED) is 0.628. The van der Waals surface area contributed by atoms with Crippen molar-refractivity contribution >= 4 is 51.0 Å². The molecule has 0 heterocycles. The molecule has 0 aliphatic heterocycles. The molecule has 0 aliphatic rings. The maximum Gasteiger partial charge on any atom is 0.278 e. The Morgan fingerprint density at radius 1 is 1.05 bits per heavy atom. The Kier molecular flexibility index (Phi) is 5.18. The van der Waals surface area contributed by atoms with Gasteiger partial charge in [-0.3, -0.25) is 0 Å². The van der Waals surface area contributed by atoms with Crippen LogP contribution in [0.1, 0.15) is 5.56 Å². The summed E-state index contributed by atoms with van der Waals surface area (Å²) in [6.45, 7) is 0. The predicted octanol–water partition coefficient (Wildman–Crippen LogP) is 3.66. The summed E-state index contributed by atoms with van der Waals surface area (Å²) in [7, 11) is -3.94. The van der Waals surface area contributed by atoms with Crippen molar-refractivity contribution in [2.24, 2.45) is 5.10 Å². The number of hydrazone groups is 1. The number of nitrogens with one attached hydrogen (secondary N) is 1. The maximum absolute atomic E-state index is 12.1. The Morgan fingerprint density at radius 3 is 2.45 bits per heavy atom. The zero-order chi connectivity index (χ0) is 16.3. The number of hydrogen-bond donors (Lipinski definition) is 2. The largest absolute Gasteiger partial charge is 0.508 e. The molecule has 0 saturated heterocycles. The summed E-state index contributed by atoms with van der Waals surface area (Å²) >= 11 is 17.5. The summed E-state index contributed by atoms with van der Waals surface area (Å²) < 4.78 is 24.1. The Morgan fingerprint density at radius 2 is 1.77 bits per heavy atom. The van der Waals surface area contributed by atoms with Gasteiger partial charge in [-0.05, 0) is 36.4 Å². The highest BCUT2D eigenvalue weighted by Crippen LogP contribution is 2.25. The number of hydrogen-bond acceptors (Lipinski definition) is 4. The first-order valence-electron chi connectivity index (χ1n) is 5.78. The van der Waals surface area contributed by atoms with Crippen LogP contribution in [0, 0.1) is 0 Å². The van der Waals surface area contributed by atoms with Crippen LogP contribution in [-0.2, 0) is 10.0 Å². The minimum absolute atomic E-state index is 0.0190. The van der Waals surface area contributed by atoms with Crippen LogP contribution in [0.3, 0.4) is 0 Å². The first-order valence-corrected chi connectivity index (χ1v) is 8.40. The lowest BCUT2D eigenvalue weighted by molar-refractivity contribution is 0.475. The second kappa shape index (κ2) is 6.75. The van der Waals surface area contributed by atoms with Crippen LogP contribution in [0.15, 0.2) is 46.4 Å². The van der Waals surface area contributed by atoms with E-state index >= 15 is 0 Å². The Hall–Kier alpha value is -1.47. The zero-order valence-electron chi connectivity index (χ0n) is 10.8. The third-order valence-electron chi connectivity index (χ3n) is 2.54. The standard InChI is InChI=1S/C13H9Cl3N2O3S/c14-9-1-4-13(12(16)6-9)22(20,21)18-17-7-8-5-10(19)2-3-11(8)15/h1-7,18-19H/b17-7+. The van der Waals surface area contributed by atoms with Crippen molar-refractivity contribution in [1.82, 2.24) is 4.83 Å². The van der Waals surface area contributed by atoms with Crippen molar-refractivity contribution in [2.45, 2.75) is 4.90 Å². The molecule has 0 bridgehead atoms. The lowest BCUT2D eigenvalue weighted by Crippen LogP contribution is -2.18. The maximum atomic E-state index is 12.1. The fourth-order valence-electron chi connectivity index (χ4n) is 1.54. The third-order valence-corrected chi connectivity index (χ3v) is 4.82. The average molecular weight is 380 g/mol. The molecule has 0 amide bonds. The molecule has 0 saturated carbocycles. The van der Waals surface area contributed by atoms with Gasteiger partial charge in [-0.25, -0.2) is 4.83 Å². The van der Waals surface area contributed by atoms with Crippen molar-refractivity contribution in [2.75, 3.05) is 0 Å². The van der Waals surface area contributed by atoms with Gasteiger partial charge in [0.2, 0.25) is 0 Å². The smallest absolute Gasteiger partial charge is 0.278 e. The van der Waals surface area contributed by atoms with E-state index in [1.54, 1.807) is 0 Å². The SMILES string of the molecule is O=S(=O)(N/N=C/c1cc(O)ccc1Cl)c1ccc(Cl)cc1Cl. The van der Waals surface area contributed by atoms with Crippen LogP contribution >= 0.6 is 34.8 Å². The molecular weight excluding hydrogens is 371 g/mol. The van der Waals surface area contributed by atoms with E-state index in [1.807, 2.05) is 4.83 Å². The van der Waals surface area contributed by atoms with Crippen molar-refractivity contribution in [3.05, 3.63) is 57.0 Å². The highest BCUT2D eigenvalue weighted by atomic mass is 35.5. The Labute approximate surface area is 142 Å². The summed E-state index contributed by atoms with van der Waals surface area (Å²) in [6, 6.07) is 8.19. The minimum atomic E-state index is -3.94. The predicted molar refractivity (Wildman–Crippen MR) is 87.5 cm³/mol. The summed E-state index contributed by atoms with van der Waals surface area (Å²) in [4.78, 5) is 1.85. The van der Waals surface area contributed by atoms with E-state index in [0.29, 0.717) is 15.6 Å². The number of phenolic OH excluding ortho intramolecular Hbond substituents is 1. The van der Waals surface area contributed by atoms with E-state index in [2.05, 4.69) is 5.10 Å². The highest BCUT2D eigenvalue weighted by Gasteiger charge is 2.17. The number of aromatic hydroxyl groups is 1. The van der Waals surface area contributed by atoms with Crippen LogP contribution in [0.2, 0.25) is 15.1 Å². The third kappa shape index (κ3) is 4.04. The fraction of sp³-hybridized carbons (Fsp3) is 0. The molecule has 9 heteroatoms. The topological polar surface area (TPSA) is 78.8 Å². The van der Waals surface area contributed by atoms with Gasteiger partial charge in [0.15, 0.2) is 0 Å². The molecule has 0 fully saturated rings. The van der Waals surface area contributed by atoms with E-state index < -0.39 is 10.0 Å². The molecular formula is C13H9Cl3N2O3S. The number of phenols is 1. The first-order chi connectivity index (χ1) is 10.3. The second-order valence-electron chi connectivity index (χ2n) is 4.13. The van der Waals surface area contributed by atoms with Gasteiger partial charge in [-0.2, -0.15) is 13.5 Å². The zero-order valence-corrected chi connectivity index (χ0v) is 13.9.